The van der Waals surface area contributed by atoms with E-state index in [9.17, 15) is 4.79 Å². The quantitative estimate of drug-likeness (QED) is 0.815. The van der Waals surface area contributed by atoms with Crippen molar-refractivity contribution in [3.8, 4) is 0 Å². The van der Waals surface area contributed by atoms with E-state index >= 15 is 0 Å². The molecule has 1 aliphatic rings. The van der Waals surface area contributed by atoms with Crippen molar-refractivity contribution in [3.63, 3.8) is 0 Å². The normalized spacial score (nSPS) is 23.9. The molecular formula is C15H30N2OS. The number of thioether (sulfide) groups is 1. The average molecular weight is 286 g/mol. The van der Waals surface area contributed by atoms with E-state index in [4.69, 9.17) is 0 Å². The molecule has 0 aromatic rings. The van der Waals surface area contributed by atoms with Crippen LogP contribution in [0.2, 0.25) is 0 Å². The zero-order valence-corrected chi connectivity index (χ0v) is 14.0. The highest BCUT2D eigenvalue weighted by Crippen LogP contribution is 2.32. The van der Waals surface area contributed by atoms with E-state index in [0.29, 0.717) is 12.5 Å². The van der Waals surface area contributed by atoms with Gasteiger partial charge in [0.25, 0.3) is 0 Å². The lowest BCUT2D eigenvalue weighted by molar-refractivity contribution is -0.122. The van der Waals surface area contributed by atoms with E-state index in [1.807, 2.05) is 20.8 Å². The summed E-state index contributed by atoms with van der Waals surface area (Å²) >= 11 is 2.09. The Morgan fingerprint density at radius 3 is 2.63 bits per heavy atom. The molecule has 4 heteroatoms. The molecule has 1 N–H and O–H groups in total. The third kappa shape index (κ3) is 6.66. The molecule has 1 fully saturated rings. The van der Waals surface area contributed by atoms with Gasteiger partial charge >= 0.3 is 0 Å². The standard InChI is InChI=1S/C15H30N2OS/c1-6-19-13-8-7-12(11-13)17(5)10-9-14(18)16-15(2,3)4/h12-13H,6-11H2,1-5H3,(H,16,18)/t12-,13+/m0/s1. The average Bonchev–Trinajstić information content (AvgIpc) is 2.73. The first-order valence-corrected chi connectivity index (χ1v) is 8.49. The van der Waals surface area contributed by atoms with Crippen molar-refractivity contribution in [1.29, 1.82) is 0 Å². The largest absolute Gasteiger partial charge is 0.351 e. The van der Waals surface area contributed by atoms with E-state index < -0.39 is 0 Å². The minimum absolute atomic E-state index is 0.119. The zero-order chi connectivity index (χ0) is 14.5. The van der Waals surface area contributed by atoms with Gasteiger partial charge in [-0.3, -0.25) is 4.79 Å². The molecule has 0 heterocycles. The van der Waals surface area contributed by atoms with Crippen LogP contribution in [0.1, 0.15) is 53.4 Å². The third-order valence-electron chi connectivity index (χ3n) is 3.59. The van der Waals surface area contributed by atoms with Gasteiger partial charge in [0.05, 0.1) is 0 Å². The monoisotopic (exact) mass is 286 g/mol. The number of amides is 1. The summed E-state index contributed by atoms with van der Waals surface area (Å²) in [6.45, 7) is 9.18. The smallest absolute Gasteiger partial charge is 0.221 e. The van der Waals surface area contributed by atoms with Crippen LogP contribution in [0.3, 0.4) is 0 Å². The Balaban J connectivity index is 2.25. The van der Waals surface area contributed by atoms with E-state index in [0.717, 1.165) is 11.8 Å². The highest BCUT2D eigenvalue weighted by atomic mass is 32.2. The molecule has 1 amide bonds. The molecule has 1 saturated carbocycles. The summed E-state index contributed by atoms with van der Waals surface area (Å²) in [6.07, 6.45) is 4.52. The van der Waals surface area contributed by atoms with Crippen LogP contribution in [0.25, 0.3) is 0 Å². The zero-order valence-electron chi connectivity index (χ0n) is 13.2. The van der Waals surface area contributed by atoms with Gasteiger partial charge in [0, 0.05) is 29.8 Å². The van der Waals surface area contributed by atoms with E-state index in [-0.39, 0.29) is 11.4 Å². The first-order valence-electron chi connectivity index (χ1n) is 7.44. The van der Waals surface area contributed by atoms with Crippen LogP contribution in [0.4, 0.5) is 0 Å². The highest BCUT2D eigenvalue weighted by Gasteiger charge is 2.27. The van der Waals surface area contributed by atoms with E-state index in [2.05, 4.69) is 35.9 Å². The topological polar surface area (TPSA) is 32.3 Å². The van der Waals surface area contributed by atoms with Gasteiger partial charge in [0.1, 0.15) is 0 Å². The van der Waals surface area contributed by atoms with Gasteiger partial charge in [-0.25, -0.2) is 0 Å². The van der Waals surface area contributed by atoms with Crippen molar-refractivity contribution in [3.05, 3.63) is 0 Å². The molecule has 2 atom stereocenters. The second-order valence-electron chi connectivity index (χ2n) is 6.57. The Morgan fingerprint density at radius 2 is 2.05 bits per heavy atom. The van der Waals surface area contributed by atoms with Crippen LogP contribution in [0, 0.1) is 0 Å². The van der Waals surface area contributed by atoms with Crippen LogP contribution in [0.15, 0.2) is 0 Å². The number of rotatable bonds is 6. The second kappa shape index (κ2) is 7.53. The molecule has 19 heavy (non-hydrogen) atoms. The van der Waals surface area contributed by atoms with Crippen LogP contribution in [0.5, 0.6) is 0 Å². The minimum atomic E-state index is -0.119. The molecule has 1 rings (SSSR count). The summed E-state index contributed by atoms with van der Waals surface area (Å²) < 4.78 is 0. The summed E-state index contributed by atoms with van der Waals surface area (Å²) in [4.78, 5) is 14.2. The van der Waals surface area contributed by atoms with Crippen molar-refractivity contribution >= 4 is 17.7 Å². The molecule has 112 valence electrons. The number of nitrogens with zero attached hydrogens (tertiary/aromatic N) is 1. The van der Waals surface area contributed by atoms with E-state index in [1.165, 1.54) is 25.0 Å². The lowest BCUT2D eigenvalue weighted by atomic mass is 10.1. The van der Waals surface area contributed by atoms with Crippen molar-refractivity contribution < 1.29 is 4.79 Å². The molecule has 0 aromatic carbocycles. The maximum atomic E-state index is 11.8. The Bertz CT molecular complexity index is 288. The number of hydrogen-bond acceptors (Lipinski definition) is 3. The fourth-order valence-electron chi connectivity index (χ4n) is 2.65. The lowest BCUT2D eigenvalue weighted by Gasteiger charge is -2.25. The van der Waals surface area contributed by atoms with Crippen LogP contribution in [-0.4, -0.2) is 47.0 Å². The lowest BCUT2D eigenvalue weighted by Crippen LogP contribution is -2.42. The van der Waals surface area contributed by atoms with Crippen LogP contribution >= 0.6 is 11.8 Å². The number of carbonyl (C=O) groups excluding carboxylic acids is 1. The highest BCUT2D eigenvalue weighted by molar-refractivity contribution is 7.99. The Morgan fingerprint density at radius 1 is 1.37 bits per heavy atom. The molecule has 0 radical (unpaired) electrons. The summed E-state index contributed by atoms with van der Waals surface area (Å²) in [5.74, 6) is 1.38. The summed E-state index contributed by atoms with van der Waals surface area (Å²) in [7, 11) is 2.16. The molecule has 3 nitrogen and oxygen atoms in total. The first-order chi connectivity index (χ1) is 8.81. The van der Waals surface area contributed by atoms with Crippen molar-refractivity contribution in [1.82, 2.24) is 10.2 Å². The maximum Gasteiger partial charge on any atom is 0.221 e. The summed E-state index contributed by atoms with van der Waals surface area (Å²) in [6, 6.07) is 0.673. The number of carbonyl (C=O) groups is 1. The minimum Gasteiger partial charge on any atom is -0.351 e. The van der Waals surface area contributed by atoms with Crippen molar-refractivity contribution in [2.45, 2.75) is 70.2 Å². The molecule has 0 aliphatic heterocycles. The Labute approximate surface area is 122 Å². The van der Waals surface area contributed by atoms with Gasteiger partial charge in [-0.05, 0) is 52.8 Å². The molecular weight excluding hydrogens is 256 g/mol. The second-order valence-corrected chi connectivity index (χ2v) is 8.15. The van der Waals surface area contributed by atoms with Gasteiger partial charge in [-0.15, -0.1) is 0 Å². The molecule has 0 bridgehead atoms. The fraction of sp³-hybridized carbons (Fsp3) is 0.933. The van der Waals surface area contributed by atoms with Gasteiger partial charge in [0.15, 0.2) is 0 Å². The molecule has 0 aromatic heterocycles. The fourth-order valence-corrected chi connectivity index (χ4v) is 3.78. The molecule has 0 spiro atoms. The van der Waals surface area contributed by atoms with Gasteiger partial charge in [0.2, 0.25) is 5.91 Å². The van der Waals surface area contributed by atoms with E-state index in [1.54, 1.807) is 0 Å². The SMILES string of the molecule is CCS[C@@H]1CC[C@H](N(C)CCC(=O)NC(C)(C)C)C1. The molecule has 0 unspecified atom stereocenters. The van der Waals surface area contributed by atoms with Crippen LogP contribution in [-0.2, 0) is 4.79 Å². The molecule has 1 aliphatic carbocycles. The van der Waals surface area contributed by atoms with Crippen LogP contribution < -0.4 is 5.32 Å². The number of hydrogen-bond donors (Lipinski definition) is 1. The molecule has 0 saturated heterocycles. The van der Waals surface area contributed by atoms with Crippen molar-refractivity contribution in [2.75, 3.05) is 19.3 Å². The van der Waals surface area contributed by atoms with Gasteiger partial charge in [-0.1, -0.05) is 6.92 Å². The Hall–Kier alpha value is -0.220. The maximum absolute atomic E-state index is 11.8. The third-order valence-corrected chi connectivity index (χ3v) is 4.82. The Kier molecular flexibility index (Phi) is 6.67. The predicted molar refractivity (Wildman–Crippen MR) is 84.7 cm³/mol. The predicted octanol–water partition coefficient (Wildman–Crippen LogP) is 2.90. The first kappa shape index (κ1) is 16.8. The number of nitrogens with one attached hydrogen (secondary N) is 1. The van der Waals surface area contributed by atoms with Crippen molar-refractivity contribution in [2.24, 2.45) is 0 Å². The van der Waals surface area contributed by atoms with Gasteiger partial charge < -0.3 is 10.2 Å². The van der Waals surface area contributed by atoms with Gasteiger partial charge in [-0.2, -0.15) is 11.8 Å². The summed E-state index contributed by atoms with van der Waals surface area (Å²) in [5, 5.41) is 3.86. The summed E-state index contributed by atoms with van der Waals surface area (Å²) in [5.41, 5.74) is -0.119.